The first-order chi connectivity index (χ1) is 9.06. The molecule has 3 rings (SSSR count). The third-order valence-electron chi connectivity index (χ3n) is 3.09. The molecule has 1 aliphatic heterocycles. The van der Waals surface area contributed by atoms with Crippen molar-refractivity contribution in [2.24, 2.45) is 5.73 Å². The van der Waals surface area contributed by atoms with E-state index in [1.807, 2.05) is 6.07 Å². The second kappa shape index (κ2) is 4.59. The van der Waals surface area contributed by atoms with Crippen LogP contribution >= 0.6 is 22.9 Å². The predicted octanol–water partition coefficient (Wildman–Crippen LogP) is 3.09. The Morgan fingerprint density at radius 2 is 2.16 bits per heavy atom. The van der Waals surface area contributed by atoms with Gasteiger partial charge in [0.2, 0.25) is 5.91 Å². The van der Waals surface area contributed by atoms with E-state index in [9.17, 15) is 9.18 Å². The summed E-state index contributed by atoms with van der Waals surface area (Å²) >= 11 is 7.26. The van der Waals surface area contributed by atoms with Crippen LogP contribution in [-0.2, 0) is 11.3 Å². The summed E-state index contributed by atoms with van der Waals surface area (Å²) in [6.45, 7) is 0.361. The van der Waals surface area contributed by atoms with Gasteiger partial charge in [0.1, 0.15) is 11.9 Å². The number of hydrogen-bond acceptors (Lipinski definition) is 3. The van der Waals surface area contributed by atoms with Crippen molar-refractivity contribution in [2.45, 2.75) is 12.6 Å². The second-order valence-corrected chi connectivity index (χ2v) is 6.11. The lowest BCUT2D eigenvalue weighted by Gasteiger charge is -2.16. The zero-order valence-electron chi connectivity index (χ0n) is 9.77. The number of anilines is 1. The summed E-state index contributed by atoms with van der Waals surface area (Å²) in [5, 5.41) is 0. The molecule has 0 saturated carbocycles. The fraction of sp³-hybridized carbons (Fsp3) is 0.154. The van der Waals surface area contributed by atoms with E-state index < -0.39 is 6.04 Å². The van der Waals surface area contributed by atoms with Gasteiger partial charge in [0.15, 0.2) is 0 Å². The van der Waals surface area contributed by atoms with Crippen LogP contribution in [-0.4, -0.2) is 5.91 Å². The number of thiophene rings is 1. The highest BCUT2D eigenvalue weighted by atomic mass is 35.5. The summed E-state index contributed by atoms with van der Waals surface area (Å²) in [6.07, 6.45) is 0. The molecule has 1 aromatic heterocycles. The number of hydrogen-bond donors (Lipinski definition) is 1. The number of amides is 1. The maximum atomic E-state index is 13.3. The quantitative estimate of drug-likeness (QED) is 0.925. The molecular weight excluding hydrogens is 287 g/mol. The van der Waals surface area contributed by atoms with Gasteiger partial charge < -0.3 is 10.6 Å². The molecule has 1 amide bonds. The highest BCUT2D eigenvalue weighted by Gasteiger charge is 2.35. The summed E-state index contributed by atoms with van der Waals surface area (Å²) in [6, 6.07) is 7.13. The van der Waals surface area contributed by atoms with Crippen LogP contribution in [0.25, 0.3) is 0 Å². The van der Waals surface area contributed by atoms with E-state index in [4.69, 9.17) is 17.3 Å². The average Bonchev–Trinajstić information content (AvgIpc) is 2.88. The van der Waals surface area contributed by atoms with Crippen LogP contribution in [0.4, 0.5) is 10.1 Å². The molecule has 2 heterocycles. The SMILES string of the molecule is NC1C(=O)N(Cc2ccc(Cl)s2)c2cc(F)ccc21. The fourth-order valence-corrected chi connectivity index (χ4v) is 3.27. The lowest BCUT2D eigenvalue weighted by Crippen LogP contribution is -2.30. The minimum Gasteiger partial charge on any atom is -0.316 e. The monoisotopic (exact) mass is 296 g/mol. The minimum absolute atomic E-state index is 0.217. The van der Waals surface area contributed by atoms with Gasteiger partial charge >= 0.3 is 0 Å². The van der Waals surface area contributed by atoms with Gasteiger partial charge in [-0.25, -0.2) is 4.39 Å². The normalized spacial score (nSPS) is 17.9. The van der Waals surface area contributed by atoms with Crippen molar-refractivity contribution in [2.75, 3.05) is 4.90 Å². The highest BCUT2D eigenvalue weighted by molar-refractivity contribution is 7.16. The standard InChI is InChI=1S/C13H10ClFN2OS/c14-11-4-2-8(19-11)6-17-10-5-7(15)1-3-9(10)12(16)13(17)18/h1-5,12H,6,16H2. The molecule has 0 spiro atoms. The summed E-state index contributed by atoms with van der Waals surface area (Å²) in [5.41, 5.74) is 7.06. The number of halogens is 2. The van der Waals surface area contributed by atoms with Crippen molar-refractivity contribution in [3.8, 4) is 0 Å². The summed E-state index contributed by atoms with van der Waals surface area (Å²) in [7, 11) is 0. The maximum Gasteiger partial charge on any atom is 0.248 e. The Labute approximate surface area is 118 Å². The van der Waals surface area contributed by atoms with Crippen molar-refractivity contribution < 1.29 is 9.18 Å². The summed E-state index contributed by atoms with van der Waals surface area (Å²) in [4.78, 5) is 14.6. The van der Waals surface area contributed by atoms with Gasteiger partial charge in [-0.2, -0.15) is 0 Å². The van der Waals surface area contributed by atoms with E-state index >= 15 is 0 Å². The number of fused-ring (bicyclic) bond motifs is 1. The molecule has 2 aromatic rings. The van der Waals surface area contributed by atoms with Crippen LogP contribution < -0.4 is 10.6 Å². The van der Waals surface area contributed by atoms with Crippen molar-refractivity contribution >= 4 is 34.5 Å². The molecule has 0 radical (unpaired) electrons. The lowest BCUT2D eigenvalue weighted by atomic mass is 10.1. The topological polar surface area (TPSA) is 46.3 Å². The molecule has 0 aliphatic carbocycles. The molecule has 1 unspecified atom stereocenters. The second-order valence-electron chi connectivity index (χ2n) is 4.31. The van der Waals surface area contributed by atoms with Gasteiger partial charge in [0, 0.05) is 10.4 Å². The van der Waals surface area contributed by atoms with Crippen molar-refractivity contribution in [3.05, 3.63) is 50.9 Å². The molecule has 1 aliphatic rings. The Hall–Kier alpha value is -1.43. The van der Waals surface area contributed by atoms with Crippen LogP contribution in [0.1, 0.15) is 16.5 Å². The molecule has 1 aromatic carbocycles. The van der Waals surface area contributed by atoms with Gasteiger partial charge in [0.25, 0.3) is 0 Å². The number of rotatable bonds is 2. The molecule has 0 fully saturated rings. The fourth-order valence-electron chi connectivity index (χ4n) is 2.19. The zero-order valence-corrected chi connectivity index (χ0v) is 11.3. The summed E-state index contributed by atoms with van der Waals surface area (Å²) < 4.78 is 14.0. The van der Waals surface area contributed by atoms with Crippen molar-refractivity contribution in [1.82, 2.24) is 0 Å². The van der Waals surface area contributed by atoms with Crippen LogP contribution in [0.5, 0.6) is 0 Å². The Morgan fingerprint density at radius 3 is 2.84 bits per heavy atom. The van der Waals surface area contributed by atoms with E-state index in [1.165, 1.54) is 28.4 Å². The first-order valence-corrected chi connectivity index (χ1v) is 6.86. The van der Waals surface area contributed by atoms with E-state index in [0.717, 1.165) is 4.88 Å². The van der Waals surface area contributed by atoms with Gasteiger partial charge in [-0.15, -0.1) is 11.3 Å². The van der Waals surface area contributed by atoms with Gasteiger partial charge in [0.05, 0.1) is 16.6 Å². The van der Waals surface area contributed by atoms with Crippen LogP contribution in [0.2, 0.25) is 4.34 Å². The Bertz CT molecular complexity index is 658. The number of carbonyl (C=O) groups is 1. The number of benzene rings is 1. The van der Waals surface area contributed by atoms with Crippen LogP contribution in [0.15, 0.2) is 30.3 Å². The van der Waals surface area contributed by atoms with Crippen molar-refractivity contribution in [1.29, 1.82) is 0 Å². The molecular formula is C13H10ClFN2OS. The number of nitrogens with two attached hydrogens (primary N) is 1. The van der Waals surface area contributed by atoms with Crippen LogP contribution in [0, 0.1) is 5.82 Å². The Kier molecular flexibility index (Phi) is 3.05. The smallest absolute Gasteiger partial charge is 0.248 e. The molecule has 98 valence electrons. The van der Waals surface area contributed by atoms with E-state index in [1.54, 1.807) is 12.1 Å². The largest absolute Gasteiger partial charge is 0.316 e. The molecule has 0 bridgehead atoms. The van der Waals surface area contributed by atoms with E-state index in [0.29, 0.717) is 22.1 Å². The Morgan fingerprint density at radius 1 is 1.37 bits per heavy atom. The minimum atomic E-state index is -0.717. The molecule has 0 saturated heterocycles. The first-order valence-electron chi connectivity index (χ1n) is 5.67. The molecule has 2 N–H and O–H groups in total. The third kappa shape index (κ3) is 2.14. The third-order valence-corrected chi connectivity index (χ3v) is 4.31. The van der Waals surface area contributed by atoms with E-state index in [-0.39, 0.29) is 11.7 Å². The summed E-state index contributed by atoms with van der Waals surface area (Å²) in [5.74, 6) is -0.597. The van der Waals surface area contributed by atoms with Gasteiger partial charge in [-0.1, -0.05) is 17.7 Å². The maximum absolute atomic E-state index is 13.3. The zero-order chi connectivity index (χ0) is 13.6. The van der Waals surface area contributed by atoms with Gasteiger partial charge in [-0.05, 0) is 24.3 Å². The highest BCUT2D eigenvalue weighted by Crippen LogP contribution is 2.37. The predicted molar refractivity (Wildman–Crippen MR) is 73.8 cm³/mol. The number of carbonyl (C=O) groups excluding carboxylic acids is 1. The van der Waals surface area contributed by atoms with Crippen LogP contribution in [0.3, 0.4) is 0 Å². The molecule has 3 nitrogen and oxygen atoms in total. The molecule has 1 atom stereocenters. The van der Waals surface area contributed by atoms with E-state index in [2.05, 4.69) is 0 Å². The lowest BCUT2D eigenvalue weighted by molar-refractivity contribution is -0.119. The molecule has 6 heteroatoms. The van der Waals surface area contributed by atoms with Gasteiger partial charge in [-0.3, -0.25) is 4.79 Å². The molecule has 19 heavy (non-hydrogen) atoms. The number of nitrogens with zero attached hydrogens (tertiary/aromatic N) is 1. The van der Waals surface area contributed by atoms with Crippen molar-refractivity contribution in [3.63, 3.8) is 0 Å². The Balaban J connectivity index is 1.98. The first kappa shape index (κ1) is 12.6. The average molecular weight is 297 g/mol.